The van der Waals surface area contributed by atoms with Gasteiger partial charge in [-0.1, -0.05) is 36.4 Å². The van der Waals surface area contributed by atoms with Crippen LogP contribution in [0.5, 0.6) is 5.88 Å². The average molecular weight is 738 g/mol. The van der Waals surface area contributed by atoms with Gasteiger partial charge in [-0.25, -0.2) is 15.0 Å². The van der Waals surface area contributed by atoms with Crippen LogP contribution < -0.4 is 25.6 Å². The Hall–Kier alpha value is -6.08. The Morgan fingerprint density at radius 2 is 1.80 bits per heavy atom. The van der Waals surface area contributed by atoms with E-state index >= 15 is 0 Å². The summed E-state index contributed by atoms with van der Waals surface area (Å²) in [4.78, 5) is 57.9. The van der Waals surface area contributed by atoms with E-state index in [1.165, 1.54) is 0 Å². The van der Waals surface area contributed by atoms with E-state index in [2.05, 4.69) is 66.9 Å². The lowest BCUT2D eigenvalue weighted by Crippen LogP contribution is -2.63. The number of carbonyl (C=O) groups is 3. The monoisotopic (exact) mass is 737 g/mol. The molecule has 3 N–H and O–H groups in total. The number of piperidine rings is 1. The Morgan fingerprint density at radius 3 is 2.62 bits per heavy atom. The van der Waals surface area contributed by atoms with Gasteiger partial charge in [0.2, 0.25) is 29.5 Å². The van der Waals surface area contributed by atoms with Crippen LogP contribution in [-0.2, 0) is 20.8 Å². The van der Waals surface area contributed by atoms with Crippen molar-refractivity contribution < 1.29 is 19.1 Å². The van der Waals surface area contributed by atoms with E-state index in [0.717, 1.165) is 102 Å². The fraction of sp³-hybridized carbons (Fsp3) is 0.333. The number of hydrogen-bond donors (Lipinski definition) is 3. The van der Waals surface area contributed by atoms with Crippen molar-refractivity contribution >= 4 is 51.6 Å². The molecule has 3 amide bonds. The number of imide groups is 1. The van der Waals surface area contributed by atoms with Gasteiger partial charge in [-0.3, -0.25) is 24.6 Å². The summed E-state index contributed by atoms with van der Waals surface area (Å²) in [6.45, 7) is 8.41. The number of nitrogens with zero attached hydrogens (tertiary/aromatic N) is 6. The predicted molar refractivity (Wildman–Crippen MR) is 211 cm³/mol. The molecule has 55 heavy (non-hydrogen) atoms. The van der Waals surface area contributed by atoms with E-state index < -0.39 is 0 Å². The Balaban J connectivity index is 0.760. The van der Waals surface area contributed by atoms with Gasteiger partial charge in [-0.15, -0.1) is 0 Å². The van der Waals surface area contributed by atoms with Crippen molar-refractivity contribution in [3.63, 3.8) is 0 Å². The van der Waals surface area contributed by atoms with Gasteiger partial charge < -0.3 is 25.2 Å². The molecule has 1 unspecified atom stereocenters. The number of piperazine rings is 1. The van der Waals surface area contributed by atoms with E-state index in [1.807, 2.05) is 59.8 Å². The third-order valence-electron chi connectivity index (χ3n) is 11.3. The van der Waals surface area contributed by atoms with E-state index in [4.69, 9.17) is 9.72 Å². The Kier molecular flexibility index (Phi) is 9.22. The maximum atomic E-state index is 13.3. The zero-order valence-corrected chi connectivity index (χ0v) is 30.8. The smallest absolute Gasteiger partial charge is 0.237 e. The van der Waals surface area contributed by atoms with Gasteiger partial charge in [0.25, 0.3) is 0 Å². The van der Waals surface area contributed by atoms with Crippen molar-refractivity contribution in [3.8, 4) is 17.0 Å². The first-order valence-corrected chi connectivity index (χ1v) is 19.0. The first-order valence-electron chi connectivity index (χ1n) is 19.0. The van der Waals surface area contributed by atoms with Gasteiger partial charge in [0, 0.05) is 93.0 Å². The molecule has 3 saturated heterocycles. The van der Waals surface area contributed by atoms with Crippen LogP contribution in [0, 0.1) is 6.92 Å². The zero-order chi connectivity index (χ0) is 37.5. The molecule has 1 atom stereocenters. The number of hydrogen-bond acceptors (Lipinski definition) is 11. The molecule has 9 rings (SSSR count). The zero-order valence-electron chi connectivity index (χ0n) is 30.8. The molecule has 0 radical (unpaired) electrons. The minimum atomic E-state index is -0.279. The van der Waals surface area contributed by atoms with Gasteiger partial charge in [-0.05, 0) is 65.9 Å². The molecule has 4 aliphatic rings. The molecule has 5 aromatic rings. The van der Waals surface area contributed by atoms with Crippen LogP contribution in [0.25, 0.3) is 22.0 Å². The summed E-state index contributed by atoms with van der Waals surface area (Å²) in [6.07, 6.45) is 4.96. The minimum Gasteiger partial charge on any atom is -0.474 e. The molecule has 280 valence electrons. The summed E-state index contributed by atoms with van der Waals surface area (Å²) >= 11 is 0. The number of pyridine rings is 1. The Morgan fingerprint density at radius 1 is 0.964 bits per heavy atom. The van der Waals surface area contributed by atoms with Gasteiger partial charge in [0.1, 0.15) is 12.3 Å². The fourth-order valence-electron chi connectivity index (χ4n) is 8.07. The Labute approximate surface area is 319 Å². The van der Waals surface area contributed by atoms with Crippen molar-refractivity contribution in [2.75, 3.05) is 68.0 Å². The van der Waals surface area contributed by atoms with Crippen LogP contribution in [0.4, 0.5) is 23.0 Å². The topological polar surface area (TPSA) is 145 Å². The number of carbonyl (C=O) groups excluding carboxylic acids is 3. The quantitative estimate of drug-likeness (QED) is 0.192. The lowest BCUT2D eigenvalue weighted by Gasteiger charge is -2.49. The first kappa shape index (κ1) is 34.7. The molecule has 13 heteroatoms. The molecule has 3 aromatic carbocycles. The maximum absolute atomic E-state index is 13.3. The molecule has 0 spiro atoms. The number of nitrogens with one attached hydrogen (secondary N) is 3. The second kappa shape index (κ2) is 14.6. The molecule has 0 saturated carbocycles. The van der Waals surface area contributed by atoms with Gasteiger partial charge in [0.15, 0.2) is 0 Å². The van der Waals surface area contributed by atoms with Crippen LogP contribution in [0.2, 0.25) is 0 Å². The summed E-state index contributed by atoms with van der Waals surface area (Å²) < 4.78 is 5.70. The van der Waals surface area contributed by atoms with Gasteiger partial charge in [0.05, 0.1) is 17.9 Å². The summed E-state index contributed by atoms with van der Waals surface area (Å²) in [5, 5.41) is 10.1. The summed E-state index contributed by atoms with van der Waals surface area (Å²) in [7, 11) is 0. The maximum Gasteiger partial charge on any atom is 0.237 e. The first-order chi connectivity index (χ1) is 26.8. The Bertz CT molecular complexity index is 2280. The van der Waals surface area contributed by atoms with Crippen LogP contribution in [0.3, 0.4) is 0 Å². The molecule has 3 fully saturated rings. The van der Waals surface area contributed by atoms with Crippen LogP contribution in [0.1, 0.15) is 35.4 Å². The third-order valence-corrected chi connectivity index (χ3v) is 11.3. The number of ether oxygens (including phenoxy) is 1. The average Bonchev–Trinajstić information content (AvgIpc) is 3.18. The van der Waals surface area contributed by atoms with Gasteiger partial charge >= 0.3 is 0 Å². The van der Waals surface area contributed by atoms with Crippen molar-refractivity contribution in [1.29, 1.82) is 0 Å². The standard InChI is InChI=1S/C42H43N9O4/c1-26-35(23-44-41-39(26)43-13-18-55-41)29-7-8-30-22-45-42(47-36(30)21-29)46-31-9-5-27(6-10-31)19-38(53)50-16-14-49(15-17-50)33-24-51(25-33)32-4-2-3-28(20-32)34-11-12-37(52)48-40(34)54/h2-10,20-23,33-34,43H,11-19,24-25H2,1H3,(H,45,46,47)(H,48,52,54). The van der Waals surface area contributed by atoms with Crippen molar-refractivity contribution in [1.82, 2.24) is 30.1 Å². The third kappa shape index (κ3) is 7.15. The minimum absolute atomic E-state index is 0.141. The predicted octanol–water partition coefficient (Wildman–Crippen LogP) is 4.64. The van der Waals surface area contributed by atoms with Crippen LogP contribution in [0.15, 0.2) is 79.1 Å². The molecule has 6 heterocycles. The lowest BCUT2D eigenvalue weighted by atomic mass is 9.90. The molecule has 2 aromatic heterocycles. The van der Waals surface area contributed by atoms with Crippen molar-refractivity contribution in [3.05, 3.63) is 95.8 Å². The van der Waals surface area contributed by atoms with Gasteiger partial charge in [-0.2, -0.15) is 0 Å². The number of benzene rings is 3. The summed E-state index contributed by atoms with van der Waals surface area (Å²) in [6, 6.07) is 22.6. The number of fused-ring (bicyclic) bond motifs is 2. The number of anilines is 4. The van der Waals surface area contributed by atoms with E-state index in [-0.39, 0.29) is 23.6 Å². The van der Waals surface area contributed by atoms with Crippen LogP contribution in [-0.4, -0.2) is 101 Å². The molecule has 4 aliphatic heterocycles. The number of rotatable bonds is 8. The SMILES string of the molecule is Cc1c(-c2ccc3cnc(Nc4ccc(CC(=O)N5CCN(C6CN(c7cccc(C8CCC(=O)NC8=O)c7)C6)CC5)cc4)nc3c2)cnc2c1NCCO2. The highest BCUT2D eigenvalue weighted by Crippen LogP contribution is 2.36. The molecule has 0 aliphatic carbocycles. The molecule has 0 bridgehead atoms. The summed E-state index contributed by atoms with van der Waals surface area (Å²) in [5.74, 6) is 0.601. The number of amides is 3. The highest BCUT2D eigenvalue weighted by atomic mass is 16.5. The van der Waals surface area contributed by atoms with Crippen molar-refractivity contribution in [2.45, 2.75) is 38.1 Å². The number of aromatic nitrogens is 3. The molecule has 13 nitrogen and oxygen atoms in total. The van der Waals surface area contributed by atoms with Crippen LogP contribution >= 0.6 is 0 Å². The van der Waals surface area contributed by atoms with E-state index in [9.17, 15) is 14.4 Å². The van der Waals surface area contributed by atoms with E-state index in [0.29, 0.717) is 43.7 Å². The molecular formula is C42H43N9O4. The molecular weight excluding hydrogens is 695 g/mol. The summed E-state index contributed by atoms with van der Waals surface area (Å²) in [5.41, 5.74) is 8.78. The highest BCUT2D eigenvalue weighted by Gasteiger charge is 2.35. The van der Waals surface area contributed by atoms with Crippen molar-refractivity contribution in [2.24, 2.45) is 0 Å². The fourth-order valence-corrected chi connectivity index (χ4v) is 8.07. The normalized spacial score (nSPS) is 18.9. The van der Waals surface area contributed by atoms with E-state index in [1.54, 1.807) is 0 Å². The second-order valence-electron chi connectivity index (χ2n) is 14.8. The highest BCUT2D eigenvalue weighted by molar-refractivity contribution is 6.01. The largest absolute Gasteiger partial charge is 0.474 e. The second-order valence-corrected chi connectivity index (χ2v) is 14.8. The lowest BCUT2D eigenvalue weighted by molar-refractivity contribution is -0.134.